The molecular formula is C30H53NO10. The first-order valence-corrected chi connectivity index (χ1v) is 14.7. The first-order chi connectivity index (χ1) is 18.8. The minimum absolute atomic E-state index is 0.0926. The summed E-state index contributed by atoms with van der Waals surface area (Å²) >= 11 is 0. The average molecular weight is 588 g/mol. The van der Waals surface area contributed by atoms with E-state index in [1.807, 2.05) is 25.9 Å². The molecule has 0 saturated carbocycles. The van der Waals surface area contributed by atoms with E-state index in [9.17, 15) is 29.7 Å². The summed E-state index contributed by atoms with van der Waals surface area (Å²) in [6.07, 6.45) is -5.31. The molecule has 41 heavy (non-hydrogen) atoms. The first-order valence-electron chi connectivity index (χ1n) is 14.7. The van der Waals surface area contributed by atoms with Crippen molar-refractivity contribution in [1.29, 1.82) is 0 Å². The van der Waals surface area contributed by atoms with Gasteiger partial charge in [-0.15, -0.1) is 0 Å². The quantitative estimate of drug-likeness (QED) is 0.318. The highest BCUT2D eigenvalue weighted by molar-refractivity contribution is 6.00. The van der Waals surface area contributed by atoms with Gasteiger partial charge in [0.2, 0.25) is 0 Å². The van der Waals surface area contributed by atoms with Gasteiger partial charge in [-0.25, -0.2) is 0 Å². The van der Waals surface area contributed by atoms with Gasteiger partial charge in [0.25, 0.3) is 0 Å². The molecule has 0 aromatic rings. The van der Waals surface area contributed by atoms with Gasteiger partial charge in [0.1, 0.15) is 29.5 Å². The summed E-state index contributed by atoms with van der Waals surface area (Å²) < 4.78 is 24.0. The Morgan fingerprint density at radius 1 is 1.00 bits per heavy atom. The van der Waals surface area contributed by atoms with E-state index in [0.717, 1.165) is 0 Å². The van der Waals surface area contributed by atoms with Crippen molar-refractivity contribution in [3.63, 3.8) is 0 Å². The molecule has 2 fully saturated rings. The van der Waals surface area contributed by atoms with Crippen molar-refractivity contribution in [2.45, 2.75) is 129 Å². The number of rotatable bonds is 5. The predicted molar refractivity (Wildman–Crippen MR) is 151 cm³/mol. The number of methoxy groups -OCH3 is 1. The van der Waals surface area contributed by atoms with Crippen LogP contribution in [-0.2, 0) is 33.3 Å². The first kappa shape index (κ1) is 35.7. The number of hydrogen-bond acceptors (Lipinski definition) is 11. The second kappa shape index (κ2) is 13.9. The van der Waals surface area contributed by atoms with Crippen molar-refractivity contribution >= 4 is 17.5 Å². The van der Waals surface area contributed by atoms with Crippen LogP contribution in [0.4, 0.5) is 0 Å². The van der Waals surface area contributed by atoms with Gasteiger partial charge in [-0.2, -0.15) is 0 Å². The SMILES string of the molecule is CC[C@H]1OC(=O)[C@H](C)C(=O)[C@H](C)[C@@H](O[C@@H]2O[C@H](C)C[C@H](N(C)C)[C@H]2O)[C@](C)(OC)C[C@@H](C)C(=O)[C@H](C)[C@@H](O)[C@]1(C)O. The summed E-state index contributed by atoms with van der Waals surface area (Å²) in [4.78, 5) is 42.5. The van der Waals surface area contributed by atoms with Crippen molar-refractivity contribution in [1.82, 2.24) is 4.90 Å². The summed E-state index contributed by atoms with van der Waals surface area (Å²) in [5.74, 6) is -5.55. The highest BCUT2D eigenvalue weighted by atomic mass is 16.7. The van der Waals surface area contributed by atoms with Crippen LogP contribution in [0.3, 0.4) is 0 Å². The zero-order valence-electron chi connectivity index (χ0n) is 26.6. The molecule has 11 nitrogen and oxygen atoms in total. The molecule has 2 saturated heterocycles. The van der Waals surface area contributed by atoms with Crippen molar-refractivity contribution in [2.75, 3.05) is 21.2 Å². The van der Waals surface area contributed by atoms with Gasteiger partial charge in [0.05, 0.1) is 23.9 Å². The van der Waals surface area contributed by atoms with E-state index < -0.39 is 77.3 Å². The molecule has 2 heterocycles. The maximum atomic E-state index is 13.8. The zero-order valence-corrected chi connectivity index (χ0v) is 26.6. The molecule has 2 aliphatic heterocycles. The van der Waals surface area contributed by atoms with Gasteiger partial charge in [-0.1, -0.05) is 27.7 Å². The Morgan fingerprint density at radius 3 is 2.10 bits per heavy atom. The van der Waals surface area contributed by atoms with Crippen molar-refractivity contribution in [3.8, 4) is 0 Å². The van der Waals surface area contributed by atoms with E-state index in [1.54, 1.807) is 27.7 Å². The van der Waals surface area contributed by atoms with Crippen LogP contribution in [-0.4, -0.2) is 113 Å². The number of nitrogens with zero attached hydrogens (tertiary/aromatic N) is 1. The summed E-state index contributed by atoms with van der Waals surface area (Å²) in [5, 5.41) is 33.5. The fraction of sp³-hybridized carbons (Fsp3) is 0.900. The lowest BCUT2D eigenvalue weighted by Gasteiger charge is -2.47. The van der Waals surface area contributed by atoms with E-state index in [1.165, 1.54) is 27.9 Å². The number of aliphatic hydroxyl groups is 3. The van der Waals surface area contributed by atoms with Crippen LogP contribution in [0.5, 0.6) is 0 Å². The minimum atomic E-state index is -1.94. The fourth-order valence-electron chi connectivity index (χ4n) is 6.43. The Bertz CT molecular complexity index is 925. The van der Waals surface area contributed by atoms with Gasteiger partial charge >= 0.3 is 5.97 Å². The number of ketones is 2. The van der Waals surface area contributed by atoms with E-state index in [0.29, 0.717) is 6.42 Å². The highest BCUT2D eigenvalue weighted by Gasteiger charge is 2.51. The lowest BCUT2D eigenvalue weighted by atomic mass is 9.74. The Labute approximate surface area is 244 Å². The lowest BCUT2D eigenvalue weighted by molar-refractivity contribution is -0.295. The Hall–Kier alpha value is -1.47. The van der Waals surface area contributed by atoms with Gasteiger partial charge in [-0.05, 0) is 61.1 Å². The molecule has 0 aromatic carbocycles. The molecule has 11 heteroatoms. The monoisotopic (exact) mass is 587 g/mol. The summed E-state index contributed by atoms with van der Waals surface area (Å²) in [6.45, 7) is 12.9. The van der Waals surface area contributed by atoms with Gasteiger partial charge in [0.15, 0.2) is 12.1 Å². The normalized spacial score (nSPS) is 45.8. The molecule has 0 amide bonds. The topological polar surface area (TPSA) is 152 Å². The fourth-order valence-corrected chi connectivity index (χ4v) is 6.43. The number of cyclic esters (lactones) is 1. The number of hydrogen-bond donors (Lipinski definition) is 3. The van der Waals surface area contributed by atoms with Crippen LogP contribution in [0.2, 0.25) is 0 Å². The third kappa shape index (κ3) is 7.55. The van der Waals surface area contributed by atoms with E-state index in [2.05, 4.69) is 0 Å². The zero-order chi connectivity index (χ0) is 31.6. The van der Waals surface area contributed by atoms with Crippen LogP contribution in [0, 0.1) is 23.7 Å². The number of carbonyl (C=O) groups excluding carboxylic acids is 3. The maximum absolute atomic E-state index is 13.8. The average Bonchev–Trinajstić information content (AvgIpc) is 2.92. The molecular weight excluding hydrogens is 534 g/mol. The number of aliphatic hydroxyl groups excluding tert-OH is 2. The molecule has 13 atom stereocenters. The summed E-state index contributed by atoms with van der Waals surface area (Å²) in [6, 6.07) is -0.266. The number of esters is 1. The largest absolute Gasteiger partial charge is 0.459 e. The van der Waals surface area contributed by atoms with Crippen LogP contribution in [0.1, 0.15) is 74.7 Å². The molecule has 0 aromatic heterocycles. The second-order valence-electron chi connectivity index (χ2n) is 12.9. The van der Waals surface area contributed by atoms with Crippen LogP contribution >= 0.6 is 0 Å². The molecule has 0 spiro atoms. The molecule has 238 valence electrons. The van der Waals surface area contributed by atoms with Crippen LogP contribution in [0.25, 0.3) is 0 Å². The smallest absolute Gasteiger partial charge is 0.316 e. The molecule has 2 rings (SSSR count). The molecule has 0 radical (unpaired) electrons. The predicted octanol–water partition coefficient (Wildman–Crippen LogP) is 1.72. The minimum Gasteiger partial charge on any atom is -0.459 e. The van der Waals surface area contributed by atoms with Gasteiger partial charge in [0, 0.05) is 30.9 Å². The van der Waals surface area contributed by atoms with Gasteiger partial charge in [-0.3, -0.25) is 14.4 Å². The Morgan fingerprint density at radius 2 is 1.59 bits per heavy atom. The van der Waals surface area contributed by atoms with Crippen LogP contribution < -0.4 is 0 Å². The molecule has 0 unspecified atom stereocenters. The third-order valence-electron chi connectivity index (χ3n) is 9.31. The maximum Gasteiger partial charge on any atom is 0.316 e. The standard InChI is InChI=1S/C30H53NO10/c1-12-21-30(8,37)25(35)17(4)22(32)15(2)14-29(7,38-11)26(18(5)23(33)19(6)27(36)40-21)41-28-24(34)20(31(9)10)13-16(3)39-28/h15-21,24-26,28,34-35,37H,12-14H2,1-11H3/t15-,16-,17+,18+,19-,20+,21-,24-,25-,26-,28+,29-,30-/m1/s1. The number of likely N-dealkylation sites (N-methyl/N-ethyl adjacent to an activating group) is 1. The highest BCUT2D eigenvalue weighted by Crippen LogP contribution is 2.38. The van der Waals surface area contributed by atoms with Crippen LogP contribution in [0.15, 0.2) is 0 Å². The Kier molecular flexibility index (Phi) is 12.1. The summed E-state index contributed by atoms with van der Waals surface area (Å²) in [7, 11) is 5.16. The van der Waals surface area contributed by atoms with E-state index in [-0.39, 0.29) is 30.8 Å². The van der Waals surface area contributed by atoms with Crippen molar-refractivity contribution in [3.05, 3.63) is 0 Å². The number of Topliss-reactive ketones (excluding diaryl/α,β-unsaturated/α-hetero) is 2. The summed E-state index contributed by atoms with van der Waals surface area (Å²) in [5.41, 5.74) is -3.20. The molecule has 0 bridgehead atoms. The van der Waals surface area contributed by atoms with Crippen molar-refractivity contribution in [2.24, 2.45) is 23.7 Å². The van der Waals surface area contributed by atoms with E-state index >= 15 is 0 Å². The third-order valence-corrected chi connectivity index (χ3v) is 9.31. The molecule has 2 aliphatic rings. The van der Waals surface area contributed by atoms with Crippen molar-refractivity contribution < 1.29 is 48.7 Å². The lowest BCUT2D eigenvalue weighted by Crippen LogP contribution is -2.60. The van der Waals surface area contributed by atoms with E-state index in [4.69, 9.17) is 18.9 Å². The molecule has 3 N–H and O–H groups in total. The number of ether oxygens (including phenoxy) is 4. The second-order valence-corrected chi connectivity index (χ2v) is 12.9. The molecule has 0 aliphatic carbocycles. The Balaban J connectivity index is 2.61. The van der Waals surface area contributed by atoms with Gasteiger partial charge < -0.3 is 39.2 Å². The number of carbonyl (C=O) groups is 3.